The van der Waals surface area contributed by atoms with Gasteiger partial charge in [0.05, 0.1) is 0 Å². The van der Waals surface area contributed by atoms with Crippen LogP contribution in [0.5, 0.6) is 0 Å². The van der Waals surface area contributed by atoms with Gasteiger partial charge in [0.2, 0.25) is 0 Å². The first kappa shape index (κ1) is 18.5. The molecule has 0 aliphatic heterocycles. The molecule has 0 aliphatic carbocycles. The summed E-state index contributed by atoms with van der Waals surface area (Å²) in [5.41, 5.74) is 0. The molecule has 0 bridgehead atoms. The first-order chi connectivity index (χ1) is 8.64. The van der Waals surface area contributed by atoms with E-state index in [1.165, 1.54) is 0 Å². The van der Waals surface area contributed by atoms with E-state index >= 15 is 0 Å². The second-order valence-electron chi connectivity index (χ2n) is 4.75. The van der Waals surface area contributed by atoms with Gasteiger partial charge in [-0.3, -0.25) is 0 Å². The quantitative estimate of drug-likeness (QED) is 0.481. The van der Waals surface area contributed by atoms with Crippen molar-refractivity contribution in [3.8, 4) is 0 Å². The Morgan fingerprint density at radius 1 is 0.842 bits per heavy atom. The summed E-state index contributed by atoms with van der Waals surface area (Å²) in [6.45, 7) is 3.22. The topological polar surface area (TPSA) is 12.0 Å². The van der Waals surface area contributed by atoms with Crippen LogP contribution < -0.4 is 5.32 Å². The molecule has 0 amide bonds. The Balaban J connectivity index is 3.99. The van der Waals surface area contributed by atoms with E-state index in [1.54, 1.807) is 0 Å². The Kier molecular flexibility index (Phi) is 8.45. The molecule has 1 N–H and O–H groups in total. The molecule has 1 nitrogen and oxygen atoms in total. The highest BCUT2D eigenvalue weighted by molar-refractivity contribution is 4.69. The normalized spacial score (nSPS) is 13.3. The van der Waals surface area contributed by atoms with Gasteiger partial charge in [-0.1, -0.05) is 13.3 Å². The molecule has 0 rings (SSSR count). The molecule has 0 spiro atoms. The zero-order valence-electron chi connectivity index (χ0n) is 11.0. The molecule has 19 heavy (non-hydrogen) atoms. The van der Waals surface area contributed by atoms with Gasteiger partial charge in [0.1, 0.15) is 0 Å². The van der Waals surface area contributed by atoms with E-state index in [0.717, 1.165) is 19.4 Å². The molecule has 7 heteroatoms. The van der Waals surface area contributed by atoms with Crippen LogP contribution in [0.3, 0.4) is 0 Å². The fourth-order valence-corrected chi connectivity index (χ4v) is 1.87. The molecule has 0 atom stereocenters. The molecular formula is C12H21F6N. The van der Waals surface area contributed by atoms with Crippen LogP contribution in [0.2, 0.25) is 0 Å². The van der Waals surface area contributed by atoms with Gasteiger partial charge in [-0.15, -0.1) is 0 Å². The molecule has 116 valence electrons. The fourth-order valence-electron chi connectivity index (χ4n) is 1.87. The van der Waals surface area contributed by atoms with E-state index in [0.29, 0.717) is 13.0 Å². The standard InChI is InChI=1S/C12H21F6N/c1-2-3-6-19-7-4-5-10(8-11(13,14)15)9-12(16,17)18/h10,19H,2-9H2,1H3. The van der Waals surface area contributed by atoms with E-state index in [2.05, 4.69) is 5.32 Å². The molecule has 0 aromatic heterocycles. The number of nitrogens with one attached hydrogen (secondary N) is 1. The van der Waals surface area contributed by atoms with Gasteiger partial charge in [-0.25, -0.2) is 0 Å². The zero-order chi connectivity index (χ0) is 14.9. The summed E-state index contributed by atoms with van der Waals surface area (Å²) in [7, 11) is 0. The van der Waals surface area contributed by atoms with Crippen LogP contribution in [-0.4, -0.2) is 25.4 Å². The van der Waals surface area contributed by atoms with E-state index < -0.39 is 31.1 Å². The van der Waals surface area contributed by atoms with Gasteiger partial charge in [0.25, 0.3) is 0 Å². The zero-order valence-corrected chi connectivity index (χ0v) is 11.0. The van der Waals surface area contributed by atoms with E-state index in [-0.39, 0.29) is 6.42 Å². The molecule has 0 fully saturated rings. The fraction of sp³-hybridized carbons (Fsp3) is 1.00. The third kappa shape index (κ3) is 13.8. The van der Waals surface area contributed by atoms with Crippen molar-refractivity contribution in [1.82, 2.24) is 5.32 Å². The Bertz CT molecular complexity index is 207. The first-order valence-corrected chi connectivity index (χ1v) is 6.48. The maximum absolute atomic E-state index is 12.2. The van der Waals surface area contributed by atoms with Crippen LogP contribution in [0.4, 0.5) is 26.3 Å². The lowest BCUT2D eigenvalue weighted by atomic mass is 9.95. The van der Waals surface area contributed by atoms with Crippen molar-refractivity contribution in [2.75, 3.05) is 13.1 Å². The summed E-state index contributed by atoms with van der Waals surface area (Å²) in [6.07, 6.45) is -9.56. The Morgan fingerprint density at radius 2 is 1.32 bits per heavy atom. The largest absolute Gasteiger partial charge is 0.389 e. The molecule has 0 aromatic carbocycles. The van der Waals surface area contributed by atoms with Gasteiger partial charge in [-0.2, -0.15) is 26.3 Å². The summed E-state index contributed by atoms with van der Waals surface area (Å²) in [6, 6.07) is 0. The van der Waals surface area contributed by atoms with Crippen molar-refractivity contribution in [2.45, 2.75) is 57.8 Å². The lowest BCUT2D eigenvalue weighted by Crippen LogP contribution is -2.23. The molecule has 0 unspecified atom stereocenters. The smallest absolute Gasteiger partial charge is 0.317 e. The summed E-state index contributed by atoms with van der Waals surface area (Å²) < 4.78 is 73.0. The highest BCUT2D eigenvalue weighted by Gasteiger charge is 2.38. The number of unbranched alkanes of at least 4 members (excludes halogenated alkanes) is 1. The molecule has 0 radical (unpaired) electrons. The van der Waals surface area contributed by atoms with Crippen molar-refractivity contribution in [1.29, 1.82) is 0 Å². The Morgan fingerprint density at radius 3 is 1.74 bits per heavy atom. The minimum atomic E-state index is -4.54. The van der Waals surface area contributed by atoms with Crippen LogP contribution in [0.15, 0.2) is 0 Å². The average molecular weight is 293 g/mol. The second kappa shape index (κ2) is 8.66. The van der Waals surface area contributed by atoms with Gasteiger partial charge in [0, 0.05) is 12.8 Å². The minimum absolute atomic E-state index is 0.0574. The second-order valence-corrected chi connectivity index (χ2v) is 4.75. The van der Waals surface area contributed by atoms with Crippen molar-refractivity contribution in [2.24, 2.45) is 5.92 Å². The summed E-state index contributed by atoms with van der Waals surface area (Å²) in [5, 5.41) is 3.00. The number of hydrogen-bond acceptors (Lipinski definition) is 1. The van der Waals surface area contributed by atoms with Crippen molar-refractivity contribution in [3.05, 3.63) is 0 Å². The SMILES string of the molecule is CCCCNCCCC(CC(F)(F)F)CC(F)(F)F. The number of rotatable bonds is 9. The third-order valence-corrected chi connectivity index (χ3v) is 2.71. The monoisotopic (exact) mass is 293 g/mol. The van der Waals surface area contributed by atoms with Crippen LogP contribution in [0, 0.1) is 5.92 Å². The highest BCUT2D eigenvalue weighted by atomic mass is 19.4. The van der Waals surface area contributed by atoms with E-state index in [9.17, 15) is 26.3 Å². The molecule has 0 aromatic rings. The number of hydrogen-bond donors (Lipinski definition) is 1. The van der Waals surface area contributed by atoms with Crippen LogP contribution in [0.1, 0.15) is 45.4 Å². The maximum Gasteiger partial charge on any atom is 0.389 e. The average Bonchev–Trinajstić information content (AvgIpc) is 2.18. The highest BCUT2D eigenvalue weighted by Crippen LogP contribution is 2.35. The van der Waals surface area contributed by atoms with Crippen molar-refractivity contribution >= 4 is 0 Å². The predicted molar refractivity (Wildman–Crippen MR) is 61.8 cm³/mol. The maximum atomic E-state index is 12.2. The lowest BCUT2D eigenvalue weighted by Gasteiger charge is -2.20. The number of alkyl halides is 6. The molecule has 0 heterocycles. The first-order valence-electron chi connectivity index (χ1n) is 6.48. The van der Waals surface area contributed by atoms with Crippen LogP contribution >= 0.6 is 0 Å². The number of halogens is 6. The predicted octanol–water partition coefficient (Wildman–Crippen LogP) is 4.68. The molecule has 0 saturated carbocycles. The summed E-state index contributed by atoms with van der Waals surface area (Å²) in [5.74, 6) is -1.37. The van der Waals surface area contributed by atoms with Crippen LogP contribution in [-0.2, 0) is 0 Å². The van der Waals surface area contributed by atoms with Crippen LogP contribution in [0.25, 0.3) is 0 Å². The van der Waals surface area contributed by atoms with Crippen molar-refractivity contribution in [3.63, 3.8) is 0 Å². The van der Waals surface area contributed by atoms with Gasteiger partial charge >= 0.3 is 12.4 Å². The summed E-state index contributed by atoms with van der Waals surface area (Å²) >= 11 is 0. The Labute approximate surface area is 109 Å². The van der Waals surface area contributed by atoms with Gasteiger partial charge in [0.15, 0.2) is 0 Å². The van der Waals surface area contributed by atoms with Crippen molar-refractivity contribution < 1.29 is 26.3 Å². The lowest BCUT2D eigenvalue weighted by molar-refractivity contribution is -0.173. The van der Waals surface area contributed by atoms with E-state index in [1.807, 2.05) is 6.92 Å². The third-order valence-electron chi connectivity index (χ3n) is 2.71. The Hall–Kier alpha value is -0.460. The van der Waals surface area contributed by atoms with E-state index in [4.69, 9.17) is 0 Å². The van der Waals surface area contributed by atoms with Gasteiger partial charge < -0.3 is 5.32 Å². The molecular weight excluding hydrogens is 272 g/mol. The van der Waals surface area contributed by atoms with Gasteiger partial charge in [-0.05, 0) is 38.3 Å². The summed E-state index contributed by atoms with van der Waals surface area (Å²) in [4.78, 5) is 0. The molecule has 0 saturated heterocycles. The minimum Gasteiger partial charge on any atom is -0.317 e. The molecule has 0 aliphatic rings.